The van der Waals surface area contributed by atoms with Crippen LogP contribution in [0.1, 0.15) is 11.3 Å². The Hall–Kier alpha value is -3.30. The topological polar surface area (TPSA) is 91.3 Å². The molecule has 0 unspecified atom stereocenters. The Bertz CT molecular complexity index is 1270. The number of rotatable bonds is 3. The highest BCUT2D eigenvalue weighted by Crippen LogP contribution is 2.31. The number of thioether (sulfide) groups is 1. The van der Waals surface area contributed by atoms with Crippen LogP contribution in [0, 0.1) is 6.92 Å². The molecule has 0 bridgehead atoms. The van der Waals surface area contributed by atoms with Gasteiger partial charge in [-0.2, -0.15) is 0 Å². The number of aromatic nitrogens is 3. The van der Waals surface area contributed by atoms with Gasteiger partial charge in [0.15, 0.2) is 0 Å². The van der Waals surface area contributed by atoms with Gasteiger partial charge in [0.05, 0.1) is 28.0 Å². The molecule has 0 atom stereocenters. The number of hydrogen-bond acceptors (Lipinski definition) is 8. The monoisotopic (exact) mass is 446 g/mol. The average Bonchev–Trinajstić information content (AvgIpc) is 3.10. The van der Waals surface area contributed by atoms with Gasteiger partial charge in [0.1, 0.15) is 6.33 Å². The lowest BCUT2D eigenvalue weighted by molar-refractivity contribution is -0.115. The van der Waals surface area contributed by atoms with E-state index in [2.05, 4.69) is 62.2 Å². The Morgan fingerprint density at radius 3 is 2.59 bits per heavy atom. The van der Waals surface area contributed by atoms with E-state index in [4.69, 9.17) is 0 Å². The van der Waals surface area contributed by atoms with Crippen LogP contribution in [0.2, 0.25) is 0 Å². The van der Waals surface area contributed by atoms with Gasteiger partial charge in [-0.25, -0.2) is 9.97 Å². The molecular formula is C23H22N6O2S. The summed E-state index contributed by atoms with van der Waals surface area (Å²) in [5.41, 5.74) is 5.56. The smallest absolute Gasteiger partial charge is 0.290 e. The molecule has 9 heteroatoms. The lowest BCUT2D eigenvalue weighted by Crippen LogP contribution is -2.44. The summed E-state index contributed by atoms with van der Waals surface area (Å²) in [6.07, 6.45) is 4.82. The van der Waals surface area contributed by atoms with Crippen molar-refractivity contribution < 1.29 is 9.59 Å². The summed E-state index contributed by atoms with van der Waals surface area (Å²) < 4.78 is 0. The third-order valence-corrected chi connectivity index (χ3v) is 6.59. The van der Waals surface area contributed by atoms with Gasteiger partial charge in [-0.1, -0.05) is 6.07 Å². The van der Waals surface area contributed by atoms with Crippen LogP contribution in [-0.2, 0) is 4.79 Å². The van der Waals surface area contributed by atoms with Crippen LogP contribution in [0.5, 0.6) is 0 Å². The van der Waals surface area contributed by atoms with Gasteiger partial charge >= 0.3 is 0 Å². The third-order valence-electron chi connectivity index (χ3n) is 5.78. The standard InChI is InChI=1S/C23H22N6O2S/c1-14-9-15(3-4-19(14)29-7-5-28(2)6-8-29)21-17-10-16(24-12-18(17)25-13-26-21)11-20-22(30)27-23(31)32-20/h3-4,9-13H,5-8H2,1-2H3,(H,27,30,31). The number of nitrogens with one attached hydrogen (secondary N) is 1. The summed E-state index contributed by atoms with van der Waals surface area (Å²) in [5.74, 6) is -0.401. The molecule has 0 radical (unpaired) electrons. The quantitative estimate of drug-likeness (QED) is 0.614. The van der Waals surface area contributed by atoms with Crippen molar-refractivity contribution in [1.29, 1.82) is 0 Å². The number of anilines is 1. The highest BCUT2D eigenvalue weighted by molar-refractivity contribution is 8.18. The fourth-order valence-corrected chi connectivity index (χ4v) is 4.71. The second kappa shape index (κ2) is 8.33. The normalized spacial score (nSPS) is 18.6. The van der Waals surface area contributed by atoms with E-state index in [1.54, 1.807) is 18.6 Å². The van der Waals surface area contributed by atoms with Gasteiger partial charge < -0.3 is 9.80 Å². The summed E-state index contributed by atoms with van der Waals surface area (Å²) in [7, 11) is 2.16. The van der Waals surface area contributed by atoms with Crippen molar-refractivity contribution in [3.05, 3.63) is 53.0 Å². The SMILES string of the molecule is Cc1cc(-c2ncnc3cnc(C=C4SC(=O)NC4=O)cc23)ccc1N1CCN(C)CC1. The van der Waals surface area contributed by atoms with Crippen LogP contribution in [0.3, 0.4) is 0 Å². The zero-order chi connectivity index (χ0) is 22.2. The van der Waals surface area contributed by atoms with Gasteiger partial charge in [-0.05, 0) is 55.6 Å². The van der Waals surface area contributed by atoms with Gasteiger partial charge in [0.25, 0.3) is 11.1 Å². The van der Waals surface area contributed by atoms with Crippen molar-refractivity contribution in [2.24, 2.45) is 0 Å². The summed E-state index contributed by atoms with van der Waals surface area (Å²) >= 11 is 0.874. The van der Waals surface area contributed by atoms with Gasteiger partial charge in [-0.15, -0.1) is 0 Å². The number of imide groups is 1. The van der Waals surface area contributed by atoms with Crippen LogP contribution < -0.4 is 10.2 Å². The van der Waals surface area contributed by atoms with Crippen molar-refractivity contribution in [3.63, 3.8) is 0 Å². The number of fused-ring (bicyclic) bond motifs is 1. The van der Waals surface area contributed by atoms with Gasteiger partial charge in [-0.3, -0.25) is 19.9 Å². The molecule has 5 rings (SSSR count). The first-order valence-electron chi connectivity index (χ1n) is 10.4. The van der Waals surface area contributed by atoms with Crippen molar-refractivity contribution in [3.8, 4) is 11.3 Å². The Morgan fingerprint density at radius 1 is 1.06 bits per heavy atom. The molecule has 0 saturated carbocycles. The Kier molecular flexibility index (Phi) is 5.36. The Morgan fingerprint density at radius 2 is 1.88 bits per heavy atom. The molecule has 3 aromatic rings. The highest BCUT2D eigenvalue weighted by atomic mass is 32.2. The average molecular weight is 447 g/mol. The van der Waals surface area contributed by atoms with Crippen molar-refractivity contribution in [2.45, 2.75) is 6.92 Å². The summed E-state index contributed by atoms with van der Waals surface area (Å²) in [4.78, 5) is 41.7. The van der Waals surface area contributed by atoms with Crippen molar-refractivity contribution >= 4 is 45.6 Å². The fourth-order valence-electron chi connectivity index (χ4n) is 4.04. The van der Waals surface area contributed by atoms with Crippen LogP contribution >= 0.6 is 11.8 Å². The molecular weight excluding hydrogens is 424 g/mol. The van der Waals surface area contributed by atoms with Crippen LogP contribution in [0.15, 0.2) is 41.7 Å². The number of benzene rings is 1. The Balaban J connectivity index is 1.51. The molecule has 2 fully saturated rings. The van der Waals surface area contributed by atoms with E-state index in [-0.39, 0.29) is 5.24 Å². The van der Waals surface area contributed by atoms with Crippen LogP contribution in [-0.4, -0.2) is 64.2 Å². The summed E-state index contributed by atoms with van der Waals surface area (Å²) in [5, 5.41) is 2.73. The van der Waals surface area contributed by atoms with E-state index in [1.165, 1.54) is 11.3 Å². The first-order chi connectivity index (χ1) is 15.5. The first kappa shape index (κ1) is 20.6. The second-order valence-electron chi connectivity index (χ2n) is 7.99. The van der Waals surface area contributed by atoms with Gasteiger partial charge in [0.2, 0.25) is 0 Å². The minimum Gasteiger partial charge on any atom is -0.369 e. The molecule has 1 N–H and O–H groups in total. The maximum Gasteiger partial charge on any atom is 0.290 e. The molecule has 32 heavy (non-hydrogen) atoms. The van der Waals surface area contributed by atoms with Crippen molar-refractivity contribution in [1.82, 2.24) is 25.2 Å². The van der Waals surface area contributed by atoms with Gasteiger partial charge in [0, 0.05) is 42.8 Å². The maximum absolute atomic E-state index is 11.9. The largest absolute Gasteiger partial charge is 0.369 e. The van der Waals surface area contributed by atoms with E-state index in [0.29, 0.717) is 10.6 Å². The number of hydrogen-bond donors (Lipinski definition) is 1. The third kappa shape index (κ3) is 3.96. The number of aryl methyl sites for hydroxylation is 1. The molecule has 162 valence electrons. The van der Waals surface area contributed by atoms with Crippen molar-refractivity contribution in [2.75, 3.05) is 38.1 Å². The predicted octanol–water partition coefficient (Wildman–Crippen LogP) is 3.08. The first-order valence-corrected chi connectivity index (χ1v) is 11.2. The molecule has 8 nitrogen and oxygen atoms in total. The number of carbonyl (C=O) groups excluding carboxylic acids is 2. The van der Waals surface area contributed by atoms with E-state index >= 15 is 0 Å². The molecule has 1 aromatic carbocycles. The Labute approximate surface area is 189 Å². The minimum atomic E-state index is -0.401. The molecule has 2 saturated heterocycles. The molecule has 0 spiro atoms. The van der Waals surface area contributed by atoms with Crippen LogP contribution in [0.25, 0.3) is 28.2 Å². The zero-order valence-corrected chi connectivity index (χ0v) is 18.6. The maximum atomic E-state index is 11.9. The van der Waals surface area contributed by atoms with E-state index in [1.807, 2.05) is 6.07 Å². The molecule has 2 aliphatic rings. The number of likely N-dealkylation sites (N-methyl/N-ethyl adjacent to an activating group) is 1. The lowest BCUT2D eigenvalue weighted by atomic mass is 10.0. The van der Waals surface area contributed by atoms with E-state index in [9.17, 15) is 9.59 Å². The molecule has 2 aromatic heterocycles. The minimum absolute atomic E-state index is 0.327. The fraction of sp³-hybridized carbons (Fsp3) is 0.261. The number of amides is 2. The van der Waals surface area contributed by atoms with E-state index < -0.39 is 5.91 Å². The van der Waals surface area contributed by atoms with Crippen LogP contribution in [0.4, 0.5) is 10.5 Å². The number of piperazine rings is 1. The molecule has 4 heterocycles. The lowest BCUT2D eigenvalue weighted by Gasteiger charge is -2.35. The summed E-state index contributed by atoms with van der Waals surface area (Å²) in [6, 6.07) is 8.28. The highest BCUT2D eigenvalue weighted by Gasteiger charge is 2.25. The molecule has 0 aliphatic carbocycles. The molecule has 2 aliphatic heterocycles. The molecule has 2 amide bonds. The number of carbonyl (C=O) groups is 2. The second-order valence-corrected chi connectivity index (χ2v) is 9.01. The number of pyridine rings is 1. The van der Waals surface area contributed by atoms with E-state index in [0.717, 1.165) is 60.1 Å². The summed E-state index contributed by atoms with van der Waals surface area (Å²) in [6.45, 7) is 6.29. The predicted molar refractivity (Wildman–Crippen MR) is 126 cm³/mol. The zero-order valence-electron chi connectivity index (χ0n) is 17.8. The number of nitrogens with zero attached hydrogens (tertiary/aromatic N) is 5.